The van der Waals surface area contributed by atoms with Gasteiger partial charge in [-0.1, -0.05) is 132 Å². The molecule has 0 spiro atoms. The summed E-state index contributed by atoms with van der Waals surface area (Å²) in [6, 6.07) is 0. The molecule has 1 aliphatic heterocycles. The van der Waals surface area contributed by atoms with Crippen molar-refractivity contribution in [3.8, 4) is 0 Å². The van der Waals surface area contributed by atoms with E-state index in [2.05, 4.69) is 6.92 Å². The Balaban J connectivity index is -0.00000129. The van der Waals surface area contributed by atoms with Crippen LogP contribution in [0.25, 0.3) is 0 Å². The summed E-state index contributed by atoms with van der Waals surface area (Å²) in [5.41, 5.74) is 0. The Kier molecular flexibility index (Phi) is 33.2. The molecule has 1 atom stereocenters. The Morgan fingerprint density at radius 1 is 0.750 bits per heavy atom. The predicted octanol–water partition coefficient (Wildman–Crippen LogP) is 8.57. The van der Waals surface area contributed by atoms with Crippen LogP contribution in [0.5, 0.6) is 0 Å². The number of hydrogen-bond donors (Lipinski definition) is 0. The first-order chi connectivity index (χ1) is 15.7. The number of methoxy groups -OCH3 is 1. The van der Waals surface area contributed by atoms with E-state index >= 15 is 0 Å². The second-order valence-electron chi connectivity index (χ2n) is 7.86. The van der Waals surface area contributed by atoms with Crippen LogP contribution in [0.3, 0.4) is 0 Å². The van der Waals surface area contributed by atoms with Crippen molar-refractivity contribution in [1.82, 2.24) is 4.90 Å². The highest BCUT2D eigenvalue weighted by Crippen LogP contribution is 2.20. The molecule has 0 aliphatic carbocycles. The maximum absolute atomic E-state index is 11.9. The van der Waals surface area contributed by atoms with E-state index in [0.717, 1.165) is 13.0 Å². The molecule has 1 rings (SSSR count). The third-order valence-electron chi connectivity index (χ3n) is 5.53. The highest BCUT2D eigenvalue weighted by Gasteiger charge is 2.34. The molecule has 1 amide bonds. The number of likely N-dealkylation sites (tertiary alicyclic amines) is 1. The summed E-state index contributed by atoms with van der Waals surface area (Å²) in [6.45, 7) is 15.6. The molecule has 0 N–H and O–H groups in total. The second kappa shape index (κ2) is 29.9. The number of amides is 1. The number of unbranched alkanes of at least 4 members (excludes halogenated alkanes) is 13. The van der Waals surface area contributed by atoms with E-state index in [4.69, 9.17) is 4.74 Å². The summed E-state index contributed by atoms with van der Waals surface area (Å²) in [7, 11) is 1.39. The number of nitrogens with zero attached hydrogens (tertiary/aromatic N) is 1. The van der Waals surface area contributed by atoms with Crippen LogP contribution in [0.2, 0.25) is 0 Å². The van der Waals surface area contributed by atoms with Crippen LogP contribution in [0.15, 0.2) is 0 Å². The molecule has 4 nitrogen and oxygen atoms in total. The molecule has 0 saturated carbocycles. The zero-order valence-corrected chi connectivity index (χ0v) is 23.3. The molecule has 0 aromatic rings. The Morgan fingerprint density at radius 2 is 1.12 bits per heavy atom. The van der Waals surface area contributed by atoms with Crippen LogP contribution in [-0.2, 0) is 14.3 Å². The molecule has 1 heterocycles. The molecule has 1 fully saturated rings. The summed E-state index contributed by atoms with van der Waals surface area (Å²) < 4.78 is 4.74. The van der Waals surface area contributed by atoms with Gasteiger partial charge in [-0.15, -0.1) is 0 Å². The fraction of sp³-hybridized carbons (Fsp3) is 0.929. The summed E-state index contributed by atoms with van der Waals surface area (Å²) in [6.07, 6.45) is 19.1. The first kappa shape index (κ1) is 35.5. The molecule has 1 saturated heterocycles. The summed E-state index contributed by atoms with van der Waals surface area (Å²) in [4.78, 5) is 25.2. The van der Waals surface area contributed by atoms with Crippen molar-refractivity contribution in [1.29, 1.82) is 0 Å². The van der Waals surface area contributed by atoms with E-state index in [-0.39, 0.29) is 17.8 Å². The third-order valence-corrected chi connectivity index (χ3v) is 5.53. The van der Waals surface area contributed by atoms with Crippen molar-refractivity contribution < 1.29 is 14.3 Å². The van der Waals surface area contributed by atoms with Crippen molar-refractivity contribution in [3.63, 3.8) is 0 Å². The summed E-state index contributed by atoms with van der Waals surface area (Å²) in [5, 5.41) is 0. The zero-order chi connectivity index (χ0) is 25.0. The Morgan fingerprint density at radius 3 is 1.50 bits per heavy atom. The van der Waals surface area contributed by atoms with E-state index in [9.17, 15) is 9.59 Å². The quantitative estimate of drug-likeness (QED) is 0.172. The maximum Gasteiger partial charge on any atom is 0.310 e. The highest BCUT2D eigenvalue weighted by molar-refractivity contribution is 5.86. The van der Waals surface area contributed by atoms with Crippen LogP contribution in [0.4, 0.5) is 0 Å². The van der Waals surface area contributed by atoms with Crippen molar-refractivity contribution in [2.45, 2.75) is 145 Å². The minimum atomic E-state index is -0.251. The van der Waals surface area contributed by atoms with Gasteiger partial charge in [-0.3, -0.25) is 9.59 Å². The molecule has 0 bridgehead atoms. The number of ether oxygens (including phenoxy) is 1. The van der Waals surface area contributed by atoms with Crippen molar-refractivity contribution in [2.75, 3.05) is 20.2 Å². The molecule has 0 aromatic heterocycles. The van der Waals surface area contributed by atoms with E-state index in [1.54, 1.807) is 0 Å². The highest BCUT2D eigenvalue weighted by atomic mass is 16.5. The van der Waals surface area contributed by atoms with Crippen molar-refractivity contribution in [3.05, 3.63) is 0 Å². The predicted molar refractivity (Wildman–Crippen MR) is 141 cm³/mol. The fourth-order valence-corrected chi connectivity index (χ4v) is 3.81. The van der Waals surface area contributed by atoms with Gasteiger partial charge in [0.1, 0.15) is 0 Å². The number of esters is 1. The summed E-state index contributed by atoms with van der Waals surface area (Å²) in [5.74, 6) is -0.393. The average molecular weight is 458 g/mol. The average Bonchev–Trinajstić information content (AvgIpc) is 3.23. The summed E-state index contributed by atoms with van der Waals surface area (Å²) >= 11 is 0. The minimum Gasteiger partial charge on any atom is -0.469 e. The molecule has 4 heteroatoms. The van der Waals surface area contributed by atoms with Crippen LogP contribution < -0.4 is 0 Å². The molecular weight excluding hydrogens is 398 g/mol. The van der Waals surface area contributed by atoms with Crippen molar-refractivity contribution in [2.24, 2.45) is 5.92 Å². The fourth-order valence-electron chi connectivity index (χ4n) is 3.81. The lowest BCUT2D eigenvalue weighted by Crippen LogP contribution is -2.27. The van der Waals surface area contributed by atoms with Gasteiger partial charge in [0.25, 0.3) is 0 Å². The van der Waals surface area contributed by atoms with Gasteiger partial charge < -0.3 is 9.64 Å². The molecular formula is C28H59NO3. The topological polar surface area (TPSA) is 46.6 Å². The lowest BCUT2D eigenvalue weighted by atomic mass is 10.0. The van der Waals surface area contributed by atoms with Gasteiger partial charge in [0, 0.05) is 19.5 Å². The minimum absolute atomic E-state index is 0.107. The number of carbonyl (C=O) groups is 2. The molecule has 1 aliphatic rings. The molecule has 32 heavy (non-hydrogen) atoms. The monoisotopic (exact) mass is 457 g/mol. The van der Waals surface area contributed by atoms with Gasteiger partial charge in [0.05, 0.1) is 13.0 Å². The first-order valence-corrected chi connectivity index (χ1v) is 14.0. The molecule has 0 aromatic carbocycles. The van der Waals surface area contributed by atoms with Crippen LogP contribution in [-0.4, -0.2) is 37.0 Å². The van der Waals surface area contributed by atoms with E-state index < -0.39 is 0 Å². The third kappa shape index (κ3) is 20.8. The van der Waals surface area contributed by atoms with Crippen LogP contribution in [0, 0.1) is 5.92 Å². The van der Waals surface area contributed by atoms with E-state index in [0.29, 0.717) is 13.0 Å². The van der Waals surface area contributed by atoms with E-state index in [1.165, 1.54) is 90.6 Å². The lowest BCUT2D eigenvalue weighted by molar-refractivity contribution is -0.145. The molecule has 194 valence electrons. The largest absolute Gasteiger partial charge is 0.469 e. The SMILES string of the molecule is CC.CC.CC.CCCCCCCCCCCCCCCCN1CC(C(=O)OC)CC1=O. The Bertz CT molecular complexity index is 385. The molecule has 0 radical (unpaired) electrons. The Hall–Kier alpha value is -1.06. The van der Waals surface area contributed by atoms with Crippen LogP contribution in [0.1, 0.15) is 145 Å². The maximum atomic E-state index is 11.9. The number of hydrogen-bond acceptors (Lipinski definition) is 3. The standard InChI is InChI=1S/C22H41NO3.3C2H6/c1-3-4-5-6-7-8-9-10-11-12-13-14-15-16-17-23-19-20(18-21(23)24)22(25)26-2;3*1-2/h20H,3-19H2,1-2H3;3*1-2H3. The van der Waals surface area contributed by atoms with Gasteiger partial charge >= 0.3 is 5.97 Å². The van der Waals surface area contributed by atoms with Gasteiger partial charge in [0.15, 0.2) is 0 Å². The number of rotatable bonds is 16. The Labute approximate surface area is 202 Å². The van der Waals surface area contributed by atoms with Gasteiger partial charge in [-0.05, 0) is 6.42 Å². The van der Waals surface area contributed by atoms with Crippen LogP contribution >= 0.6 is 0 Å². The second-order valence-corrected chi connectivity index (χ2v) is 7.86. The number of carbonyl (C=O) groups excluding carboxylic acids is 2. The van der Waals surface area contributed by atoms with Gasteiger partial charge in [-0.25, -0.2) is 0 Å². The smallest absolute Gasteiger partial charge is 0.310 e. The molecule has 1 unspecified atom stereocenters. The lowest BCUT2D eigenvalue weighted by Gasteiger charge is -2.15. The zero-order valence-electron chi connectivity index (χ0n) is 23.3. The van der Waals surface area contributed by atoms with Gasteiger partial charge in [-0.2, -0.15) is 0 Å². The van der Waals surface area contributed by atoms with Gasteiger partial charge in [0.2, 0.25) is 5.91 Å². The van der Waals surface area contributed by atoms with Crippen molar-refractivity contribution >= 4 is 11.9 Å². The first-order valence-electron chi connectivity index (χ1n) is 14.0. The normalized spacial score (nSPS) is 14.4. The van der Waals surface area contributed by atoms with E-state index in [1.807, 2.05) is 46.4 Å².